The molecular formula is C39H45N9O6. The maximum Gasteiger partial charge on any atom is 0.262 e. The Kier molecular flexibility index (Phi) is 11.2. The number of morpholine rings is 1. The first-order chi connectivity index (χ1) is 26.3. The summed E-state index contributed by atoms with van der Waals surface area (Å²) in [6.07, 6.45) is 9.57. The van der Waals surface area contributed by atoms with Gasteiger partial charge in [-0.2, -0.15) is 0 Å². The number of fused-ring (bicyclic) bond motifs is 2. The van der Waals surface area contributed by atoms with E-state index < -0.39 is 29.7 Å². The molecule has 0 aliphatic carbocycles. The molecular weight excluding hydrogens is 690 g/mol. The van der Waals surface area contributed by atoms with Gasteiger partial charge in [0.25, 0.3) is 11.8 Å². The van der Waals surface area contributed by atoms with Crippen molar-refractivity contribution in [3.05, 3.63) is 65.6 Å². The molecule has 4 N–H and O–H groups in total. The van der Waals surface area contributed by atoms with Gasteiger partial charge in [-0.3, -0.25) is 39.2 Å². The zero-order valence-corrected chi connectivity index (χ0v) is 30.1. The van der Waals surface area contributed by atoms with Crippen molar-refractivity contribution in [1.29, 1.82) is 5.41 Å². The molecule has 282 valence electrons. The standard InChI is InChI=1S/C39H45N9O6/c40-22-25(31-24-43-30-5-4-6-32(36(30)44-31)46-17-19-54-20-18-46)23-42-26-12-15-47(16-13-26)35(50)7-2-1-3-14-41-27-8-9-28-29(21-27)39(53)48(38(28)52)33-10-11-34(49)45-37(33)51/h4-6,8-9,21-24,26,33,40-42H,1-3,7,10-20H2,(H,45,49,51)/b25-23+,40-22?. The van der Waals surface area contributed by atoms with Crippen LogP contribution in [0.25, 0.3) is 16.6 Å². The molecule has 1 aromatic heterocycles. The molecule has 0 spiro atoms. The van der Waals surface area contributed by atoms with Crippen LogP contribution in [0.3, 0.4) is 0 Å². The predicted molar refractivity (Wildman–Crippen MR) is 202 cm³/mol. The molecule has 2 aromatic carbocycles. The number of amides is 5. The number of nitrogens with one attached hydrogen (secondary N) is 4. The highest BCUT2D eigenvalue weighted by atomic mass is 16.5. The highest BCUT2D eigenvalue weighted by Crippen LogP contribution is 2.30. The number of hydrogen-bond acceptors (Lipinski definition) is 12. The lowest BCUT2D eigenvalue weighted by Crippen LogP contribution is -2.54. The molecule has 5 amide bonds. The number of likely N-dealkylation sites (tertiary alicyclic amines) is 1. The molecule has 5 heterocycles. The Bertz CT molecular complexity index is 1990. The van der Waals surface area contributed by atoms with E-state index in [-0.39, 0.29) is 35.9 Å². The SMILES string of the molecule is N=C/C(=C\NC1CCN(C(=O)CCCCCNc2ccc3c(c2)C(=O)N(C2CCC(=O)NC2=O)C3=O)CC1)c1cnc2cccc(N3CCOCC3)c2n1. The van der Waals surface area contributed by atoms with E-state index in [1.165, 1.54) is 6.21 Å². The van der Waals surface area contributed by atoms with Crippen LogP contribution < -0.4 is 20.9 Å². The topological polar surface area (TPSA) is 190 Å². The smallest absolute Gasteiger partial charge is 0.262 e. The number of rotatable bonds is 13. The maximum absolute atomic E-state index is 13.1. The monoisotopic (exact) mass is 735 g/mol. The van der Waals surface area contributed by atoms with E-state index in [0.29, 0.717) is 56.2 Å². The van der Waals surface area contributed by atoms with Crippen LogP contribution in [0, 0.1) is 5.41 Å². The van der Waals surface area contributed by atoms with E-state index in [2.05, 4.69) is 31.9 Å². The summed E-state index contributed by atoms with van der Waals surface area (Å²) >= 11 is 0. The van der Waals surface area contributed by atoms with Gasteiger partial charge in [-0.1, -0.05) is 12.5 Å². The first-order valence-electron chi connectivity index (χ1n) is 18.7. The van der Waals surface area contributed by atoms with Crippen molar-refractivity contribution >= 4 is 63.7 Å². The van der Waals surface area contributed by atoms with Crippen LogP contribution >= 0.6 is 0 Å². The fourth-order valence-electron chi connectivity index (χ4n) is 7.46. The van der Waals surface area contributed by atoms with E-state index in [0.717, 1.165) is 66.8 Å². The molecule has 0 saturated carbocycles. The van der Waals surface area contributed by atoms with Crippen LogP contribution in [0.4, 0.5) is 11.4 Å². The number of carbonyl (C=O) groups excluding carboxylic acids is 5. The zero-order valence-electron chi connectivity index (χ0n) is 30.1. The largest absolute Gasteiger partial charge is 0.387 e. The number of hydrogen-bond donors (Lipinski definition) is 4. The van der Waals surface area contributed by atoms with Crippen LogP contribution in [-0.2, 0) is 19.1 Å². The average molecular weight is 736 g/mol. The molecule has 0 radical (unpaired) electrons. The third-order valence-corrected chi connectivity index (χ3v) is 10.5. The Morgan fingerprint density at radius 2 is 1.76 bits per heavy atom. The van der Waals surface area contributed by atoms with Crippen LogP contribution in [0.5, 0.6) is 0 Å². The molecule has 7 rings (SSSR count). The van der Waals surface area contributed by atoms with E-state index in [9.17, 15) is 24.0 Å². The third-order valence-electron chi connectivity index (χ3n) is 10.5. The molecule has 3 saturated heterocycles. The van der Waals surface area contributed by atoms with Gasteiger partial charge in [-0.15, -0.1) is 0 Å². The molecule has 4 aliphatic heterocycles. The van der Waals surface area contributed by atoms with E-state index in [1.54, 1.807) is 24.4 Å². The van der Waals surface area contributed by atoms with Crippen molar-refractivity contribution in [1.82, 2.24) is 30.4 Å². The van der Waals surface area contributed by atoms with E-state index in [1.807, 2.05) is 23.2 Å². The van der Waals surface area contributed by atoms with Gasteiger partial charge in [0.15, 0.2) is 0 Å². The van der Waals surface area contributed by atoms with Crippen LogP contribution in [0.2, 0.25) is 0 Å². The van der Waals surface area contributed by atoms with Gasteiger partial charge >= 0.3 is 0 Å². The summed E-state index contributed by atoms with van der Waals surface area (Å²) in [7, 11) is 0. The number of piperidine rings is 2. The molecule has 1 unspecified atom stereocenters. The van der Waals surface area contributed by atoms with Crippen molar-refractivity contribution in [2.45, 2.75) is 63.5 Å². The Morgan fingerprint density at radius 3 is 2.54 bits per heavy atom. The van der Waals surface area contributed by atoms with Gasteiger partial charge < -0.3 is 30.6 Å². The number of para-hydroxylation sites is 1. The zero-order chi connectivity index (χ0) is 37.6. The van der Waals surface area contributed by atoms with Crippen molar-refractivity contribution in [2.75, 3.05) is 56.2 Å². The number of benzene rings is 2. The number of carbonyl (C=O) groups is 5. The maximum atomic E-state index is 13.1. The van der Waals surface area contributed by atoms with Crippen molar-refractivity contribution in [3.8, 4) is 0 Å². The number of aromatic nitrogens is 2. The van der Waals surface area contributed by atoms with Crippen molar-refractivity contribution in [3.63, 3.8) is 0 Å². The Hall–Kier alpha value is -5.70. The van der Waals surface area contributed by atoms with Gasteiger partial charge in [0, 0.05) is 75.3 Å². The number of ether oxygens (including phenoxy) is 1. The summed E-state index contributed by atoms with van der Waals surface area (Å²) in [5.41, 5.74) is 5.09. The predicted octanol–water partition coefficient (Wildman–Crippen LogP) is 3.11. The normalized spacial score (nSPS) is 19.6. The molecule has 54 heavy (non-hydrogen) atoms. The lowest BCUT2D eigenvalue weighted by molar-refractivity contribution is -0.136. The van der Waals surface area contributed by atoms with Crippen molar-refractivity contribution < 1.29 is 28.7 Å². The average Bonchev–Trinajstić information content (AvgIpc) is 3.44. The molecule has 15 heteroatoms. The quantitative estimate of drug-likeness (QED) is 0.115. The summed E-state index contributed by atoms with van der Waals surface area (Å²) < 4.78 is 5.52. The summed E-state index contributed by atoms with van der Waals surface area (Å²) in [4.78, 5) is 77.5. The second kappa shape index (κ2) is 16.5. The number of unbranched alkanes of at least 4 members (excludes halogenated alkanes) is 2. The minimum Gasteiger partial charge on any atom is -0.387 e. The molecule has 15 nitrogen and oxygen atoms in total. The first kappa shape index (κ1) is 36.6. The van der Waals surface area contributed by atoms with E-state index in [4.69, 9.17) is 15.1 Å². The summed E-state index contributed by atoms with van der Waals surface area (Å²) in [6.45, 7) is 4.92. The molecule has 3 aromatic rings. The summed E-state index contributed by atoms with van der Waals surface area (Å²) in [5, 5.41) is 17.0. The molecule has 0 bridgehead atoms. The summed E-state index contributed by atoms with van der Waals surface area (Å²) in [6, 6.07) is 10.1. The summed E-state index contributed by atoms with van der Waals surface area (Å²) in [5.74, 6) is -1.95. The van der Waals surface area contributed by atoms with Crippen molar-refractivity contribution in [2.24, 2.45) is 0 Å². The lowest BCUT2D eigenvalue weighted by Gasteiger charge is -2.32. The second-order valence-electron chi connectivity index (χ2n) is 14.0. The van der Waals surface area contributed by atoms with Gasteiger partial charge in [0.1, 0.15) is 11.6 Å². The molecule has 3 fully saturated rings. The Morgan fingerprint density at radius 1 is 0.963 bits per heavy atom. The molecule has 4 aliphatic rings. The van der Waals surface area contributed by atoms with Crippen LogP contribution in [-0.4, -0.2) is 114 Å². The van der Waals surface area contributed by atoms with Gasteiger partial charge in [-0.25, -0.2) is 4.98 Å². The number of nitrogens with zero attached hydrogens (tertiary/aromatic N) is 5. The van der Waals surface area contributed by atoms with Crippen LogP contribution in [0.15, 0.2) is 48.8 Å². The van der Waals surface area contributed by atoms with Crippen LogP contribution in [0.1, 0.15) is 77.8 Å². The minimum absolute atomic E-state index is 0.0751. The van der Waals surface area contributed by atoms with Gasteiger partial charge in [-0.05, 0) is 62.4 Å². The highest BCUT2D eigenvalue weighted by molar-refractivity contribution is 6.23. The lowest BCUT2D eigenvalue weighted by atomic mass is 10.0. The van der Waals surface area contributed by atoms with Gasteiger partial charge in [0.2, 0.25) is 17.7 Å². The number of imide groups is 2. The Balaban J connectivity index is 0.824. The number of allylic oxidation sites excluding steroid dienone is 1. The minimum atomic E-state index is -0.992. The number of anilines is 2. The van der Waals surface area contributed by atoms with E-state index >= 15 is 0 Å². The Labute approximate surface area is 313 Å². The fourth-order valence-corrected chi connectivity index (χ4v) is 7.46. The first-order valence-corrected chi connectivity index (χ1v) is 18.7. The second-order valence-corrected chi connectivity index (χ2v) is 14.0. The fraction of sp³-hybridized carbons (Fsp3) is 0.436. The van der Waals surface area contributed by atoms with Gasteiger partial charge in [0.05, 0.1) is 47.4 Å². The molecule has 1 atom stereocenters. The third kappa shape index (κ3) is 7.95. The highest BCUT2D eigenvalue weighted by Gasteiger charge is 2.44.